The molecule has 37 heavy (non-hydrogen) atoms. The summed E-state index contributed by atoms with van der Waals surface area (Å²) in [5, 5.41) is 22.9. The number of aliphatic hydroxyl groups is 2. The van der Waals surface area contributed by atoms with Gasteiger partial charge in [0.05, 0.1) is 18.8 Å². The molecule has 0 radical (unpaired) electrons. The summed E-state index contributed by atoms with van der Waals surface area (Å²) in [6.45, 7) is 4.34. The van der Waals surface area contributed by atoms with Crippen LogP contribution in [0.1, 0.15) is 187 Å². The van der Waals surface area contributed by atoms with Gasteiger partial charge < -0.3 is 15.5 Å². The van der Waals surface area contributed by atoms with Crippen molar-refractivity contribution in [2.45, 2.75) is 199 Å². The van der Waals surface area contributed by atoms with Gasteiger partial charge in [0, 0.05) is 6.42 Å². The molecule has 0 rings (SSSR count). The number of aliphatic hydroxyl groups excluding tert-OH is 2. The first-order chi connectivity index (χ1) is 18.2. The second-order valence-corrected chi connectivity index (χ2v) is 11.6. The Morgan fingerprint density at radius 3 is 1.22 bits per heavy atom. The quantitative estimate of drug-likeness (QED) is 0.0818. The topological polar surface area (TPSA) is 69.6 Å². The van der Waals surface area contributed by atoms with E-state index in [4.69, 9.17) is 0 Å². The molecule has 3 N–H and O–H groups in total. The van der Waals surface area contributed by atoms with Crippen LogP contribution in [0.4, 0.5) is 0 Å². The van der Waals surface area contributed by atoms with E-state index in [2.05, 4.69) is 19.2 Å². The highest BCUT2D eigenvalue weighted by atomic mass is 16.3. The van der Waals surface area contributed by atoms with Gasteiger partial charge in [-0.2, -0.15) is 0 Å². The predicted molar refractivity (Wildman–Crippen MR) is 161 cm³/mol. The summed E-state index contributed by atoms with van der Waals surface area (Å²) >= 11 is 0. The van der Waals surface area contributed by atoms with Crippen molar-refractivity contribution >= 4 is 5.91 Å². The highest BCUT2D eigenvalue weighted by molar-refractivity contribution is 5.76. The zero-order chi connectivity index (χ0) is 27.2. The number of nitrogens with one attached hydrogen (secondary N) is 1. The molecule has 222 valence electrons. The normalized spacial score (nSPS) is 13.1. The van der Waals surface area contributed by atoms with Gasteiger partial charge in [-0.25, -0.2) is 0 Å². The molecular formula is C33H67NO3. The molecule has 0 heterocycles. The molecule has 0 aliphatic heterocycles. The van der Waals surface area contributed by atoms with Crippen LogP contribution in [-0.2, 0) is 4.79 Å². The lowest BCUT2D eigenvalue weighted by Crippen LogP contribution is -2.45. The Kier molecular flexibility index (Phi) is 29.4. The molecule has 0 fully saturated rings. The number of hydrogen-bond donors (Lipinski definition) is 3. The van der Waals surface area contributed by atoms with Crippen LogP contribution in [0, 0.1) is 0 Å². The number of unbranched alkanes of at least 4 members (excludes halogenated alkanes) is 23. The molecule has 0 aliphatic carbocycles. The summed E-state index contributed by atoms with van der Waals surface area (Å²) < 4.78 is 0. The highest BCUT2D eigenvalue weighted by Crippen LogP contribution is 2.15. The van der Waals surface area contributed by atoms with Crippen LogP contribution in [0.25, 0.3) is 0 Å². The molecule has 4 nitrogen and oxygen atoms in total. The molecule has 0 bridgehead atoms. The van der Waals surface area contributed by atoms with Crippen molar-refractivity contribution in [1.29, 1.82) is 0 Å². The van der Waals surface area contributed by atoms with E-state index in [0.717, 1.165) is 25.7 Å². The standard InChI is InChI=1S/C33H67NO3/c1-3-5-7-9-11-13-15-16-17-18-19-20-22-24-26-28-32(36)31(30-35)34-33(37)29-27-25-23-21-14-12-10-8-6-4-2/h31-32,35-36H,3-30H2,1-2H3,(H,34,37). The third-order valence-electron chi connectivity index (χ3n) is 7.87. The molecule has 0 spiro atoms. The summed E-state index contributed by atoms with van der Waals surface area (Å²) in [6.07, 6.45) is 32.9. The Bertz CT molecular complexity index is 457. The maximum atomic E-state index is 12.2. The van der Waals surface area contributed by atoms with Gasteiger partial charge in [0.2, 0.25) is 5.91 Å². The Morgan fingerprint density at radius 2 is 0.865 bits per heavy atom. The molecule has 0 saturated carbocycles. The van der Waals surface area contributed by atoms with Crippen molar-refractivity contribution in [2.75, 3.05) is 6.61 Å². The molecule has 0 aromatic carbocycles. The number of carbonyl (C=O) groups is 1. The fourth-order valence-electron chi connectivity index (χ4n) is 5.24. The monoisotopic (exact) mass is 526 g/mol. The van der Waals surface area contributed by atoms with Gasteiger partial charge >= 0.3 is 0 Å². The van der Waals surface area contributed by atoms with Crippen molar-refractivity contribution in [3.8, 4) is 0 Å². The smallest absolute Gasteiger partial charge is 0.220 e. The molecule has 2 unspecified atom stereocenters. The first kappa shape index (κ1) is 36.4. The van der Waals surface area contributed by atoms with Crippen molar-refractivity contribution in [3.63, 3.8) is 0 Å². The summed E-state index contributed by atoms with van der Waals surface area (Å²) in [6, 6.07) is -0.526. The second kappa shape index (κ2) is 29.9. The highest BCUT2D eigenvalue weighted by Gasteiger charge is 2.19. The van der Waals surface area contributed by atoms with Crippen molar-refractivity contribution < 1.29 is 15.0 Å². The average Bonchev–Trinajstić information content (AvgIpc) is 2.90. The summed E-state index contributed by atoms with van der Waals surface area (Å²) in [4.78, 5) is 12.2. The van der Waals surface area contributed by atoms with Crippen LogP contribution in [0.5, 0.6) is 0 Å². The lowest BCUT2D eigenvalue weighted by Gasteiger charge is -2.22. The van der Waals surface area contributed by atoms with E-state index in [0.29, 0.717) is 12.8 Å². The van der Waals surface area contributed by atoms with Crippen LogP contribution in [0.3, 0.4) is 0 Å². The van der Waals surface area contributed by atoms with Crippen molar-refractivity contribution in [3.05, 3.63) is 0 Å². The number of amides is 1. The molecule has 0 aromatic rings. The van der Waals surface area contributed by atoms with Crippen molar-refractivity contribution in [1.82, 2.24) is 5.32 Å². The van der Waals surface area contributed by atoms with Crippen LogP contribution in [0.15, 0.2) is 0 Å². The Hall–Kier alpha value is -0.610. The molecule has 1 amide bonds. The van der Waals surface area contributed by atoms with E-state index in [-0.39, 0.29) is 12.5 Å². The molecular weight excluding hydrogens is 458 g/mol. The zero-order valence-corrected chi connectivity index (χ0v) is 25.3. The fraction of sp³-hybridized carbons (Fsp3) is 0.970. The predicted octanol–water partition coefficient (Wildman–Crippen LogP) is 9.40. The Labute approximate surface area is 232 Å². The molecule has 0 aromatic heterocycles. The zero-order valence-electron chi connectivity index (χ0n) is 25.3. The third-order valence-corrected chi connectivity index (χ3v) is 7.87. The van der Waals surface area contributed by atoms with Crippen LogP contribution in [-0.4, -0.2) is 34.9 Å². The van der Waals surface area contributed by atoms with Crippen LogP contribution < -0.4 is 5.32 Å². The van der Waals surface area contributed by atoms with Gasteiger partial charge in [0.1, 0.15) is 0 Å². The van der Waals surface area contributed by atoms with E-state index >= 15 is 0 Å². The van der Waals surface area contributed by atoms with E-state index in [1.165, 1.54) is 135 Å². The largest absolute Gasteiger partial charge is 0.394 e. The average molecular weight is 526 g/mol. The maximum Gasteiger partial charge on any atom is 0.220 e. The maximum absolute atomic E-state index is 12.2. The number of carbonyl (C=O) groups excluding carboxylic acids is 1. The minimum absolute atomic E-state index is 0.0332. The van der Waals surface area contributed by atoms with Crippen LogP contribution >= 0.6 is 0 Å². The van der Waals surface area contributed by atoms with Gasteiger partial charge in [-0.1, -0.05) is 168 Å². The molecule has 2 atom stereocenters. The Morgan fingerprint density at radius 1 is 0.541 bits per heavy atom. The van der Waals surface area contributed by atoms with E-state index in [1.807, 2.05) is 0 Å². The number of rotatable bonds is 30. The summed E-state index contributed by atoms with van der Waals surface area (Å²) in [7, 11) is 0. The first-order valence-electron chi connectivity index (χ1n) is 16.7. The molecule has 4 heteroatoms. The van der Waals surface area contributed by atoms with Gasteiger partial charge in [-0.3, -0.25) is 4.79 Å². The lowest BCUT2D eigenvalue weighted by atomic mass is 10.0. The number of hydrogen-bond acceptors (Lipinski definition) is 3. The third kappa shape index (κ3) is 26.8. The minimum atomic E-state index is -0.649. The van der Waals surface area contributed by atoms with E-state index in [9.17, 15) is 15.0 Å². The fourth-order valence-corrected chi connectivity index (χ4v) is 5.24. The van der Waals surface area contributed by atoms with E-state index in [1.54, 1.807) is 0 Å². The van der Waals surface area contributed by atoms with Crippen molar-refractivity contribution in [2.24, 2.45) is 0 Å². The van der Waals surface area contributed by atoms with E-state index < -0.39 is 12.1 Å². The second-order valence-electron chi connectivity index (χ2n) is 11.6. The van der Waals surface area contributed by atoms with Gasteiger partial charge in [0.25, 0.3) is 0 Å². The summed E-state index contributed by atoms with van der Waals surface area (Å²) in [5.41, 5.74) is 0. The van der Waals surface area contributed by atoms with Gasteiger partial charge in [0.15, 0.2) is 0 Å². The molecule has 0 aliphatic rings. The molecule has 0 saturated heterocycles. The van der Waals surface area contributed by atoms with Gasteiger partial charge in [-0.05, 0) is 12.8 Å². The van der Waals surface area contributed by atoms with Gasteiger partial charge in [-0.15, -0.1) is 0 Å². The first-order valence-corrected chi connectivity index (χ1v) is 16.7. The minimum Gasteiger partial charge on any atom is -0.394 e. The Balaban J connectivity index is 3.54. The lowest BCUT2D eigenvalue weighted by molar-refractivity contribution is -0.123. The SMILES string of the molecule is CCCCCCCCCCCCCCCCCC(O)C(CO)NC(=O)CCCCCCCCCCCC. The summed E-state index contributed by atoms with van der Waals surface area (Å²) in [5.74, 6) is -0.0332. The van der Waals surface area contributed by atoms with Crippen LogP contribution in [0.2, 0.25) is 0 Å².